The van der Waals surface area contributed by atoms with Gasteiger partial charge in [0.15, 0.2) is 0 Å². The first kappa shape index (κ1) is 34.8. The Hall–Kier alpha value is -4.50. The standard InChI is InChI=1S/C38H34Cl2F3N3O2/c39-34-20-7-8-21-35(34)45-37(47)44-30-17-10-18-31(24-30)48-23-11-22-46(25-29-16-9-19-33(36(29)40)38(41,42)43)26-32(27-12-3-1-4-13-27)28-14-5-2-6-15-28/h1-10,12-21,24,32H,11,22-23,25-26H2,(H2,44,45,47). The number of amides is 2. The van der Waals surface area contributed by atoms with Crippen molar-refractivity contribution in [3.63, 3.8) is 0 Å². The van der Waals surface area contributed by atoms with Crippen molar-refractivity contribution in [3.8, 4) is 5.75 Å². The molecule has 48 heavy (non-hydrogen) atoms. The monoisotopic (exact) mass is 691 g/mol. The van der Waals surface area contributed by atoms with E-state index in [9.17, 15) is 18.0 Å². The lowest BCUT2D eigenvalue weighted by Gasteiger charge is -2.29. The molecule has 0 atom stereocenters. The molecule has 0 heterocycles. The predicted molar refractivity (Wildman–Crippen MR) is 187 cm³/mol. The van der Waals surface area contributed by atoms with Crippen LogP contribution in [0.4, 0.5) is 29.3 Å². The fraction of sp³-hybridized carbons (Fsp3) is 0.184. The summed E-state index contributed by atoms with van der Waals surface area (Å²) in [6, 6.07) is 37.6. The van der Waals surface area contributed by atoms with E-state index in [1.165, 1.54) is 6.07 Å². The lowest BCUT2D eigenvalue weighted by atomic mass is 9.90. The molecular weight excluding hydrogens is 658 g/mol. The number of para-hydroxylation sites is 1. The number of anilines is 2. The van der Waals surface area contributed by atoms with Crippen LogP contribution in [-0.2, 0) is 12.7 Å². The lowest BCUT2D eigenvalue weighted by Crippen LogP contribution is -2.31. The maximum atomic E-state index is 13.7. The van der Waals surface area contributed by atoms with Crippen molar-refractivity contribution in [2.45, 2.75) is 25.1 Å². The maximum Gasteiger partial charge on any atom is 0.417 e. The molecule has 0 aromatic heterocycles. The number of hydrogen-bond acceptors (Lipinski definition) is 3. The summed E-state index contributed by atoms with van der Waals surface area (Å²) in [5, 5.41) is 5.63. The first-order valence-electron chi connectivity index (χ1n) is 15.4. The zero-order chi connectivity index (χ0) is 33.9. The van der Waals surface area contributed by atoms with Gasteiger partial charge < -0.3 is 15.4 Å². The fourth-order valence-electron chi connectivity index (χ4n) is 5.42. The fourth-order valence-corrected chi connectivity index (χ4v) is 5.89. The number of carbonyl (C=O) groups is 1. The van der Waals surface area contributed by atoms with Crippen LogP contribution in [-0.4, -0.2) is 30.6 Å². The number of benzene rings is 5. The zero-order valence-corrected chi connectivity index (χ0v) is 27.4. The van der Waals surface area contributed by atoms with Crippen LogP contribution in [0.5, 0.6) is 5.75 Å². The van der Waals surface area contributed by atoms with Crippen LogP contribution in [0.1, 0.15) is 34.6 Å². The average Bonchev–Trinajstić information content (AvgIpc) is 3.07. The van der Waals surface area contributed by atoms with Crippen molar-refractivity contribution in [2.24, 2.45) is 0 Å². The third kappa shape index (κ3) is 9.76. The Morgan fingerprint density at radius 1 is 0.771 bits per heavy atom. The minimum atomic E-state index is -4.55. The Labute approximate surface area is 288 Å². The van der Waals surface area contributed by atoms with E-state index in [4.69, 9.17) is 27.9 Å². The number of urea groups is 1. The molecule has 5 aromatic carbocycles. The molecule has 0 bridgehead atoms. The maximum absolute atomic E-state index is 13.7. The molecule has 0 radical (unpaired) electrons. The Kier molecular flexibility index (Phi) is 12.0. The summed E-state index contributed by atoms with van der Waals surface area (Å²) in [4.78, 5) is 14.6. The number of nitrogens with one attached hydrogen (secondary N) is 2. The summed E-state index contributed by atoms with van der Waals surface area (Å²) >= 11 is 12.5. The highest BCUT2D eigenvalue weighted by Crippen LogP contribution is 2.37. The topological polar surface area (TPSA) is 53.6 Å². The minimum absolute atomic E-state index is 0.0300. The summed E-state index contributed by atoms with van der Waals surface area (Å²) in [5.74, 6) is 0.530. The van der Waals surface area contributed by atoms with E-state index >= 15 is 0 Å². The van der Waals surface area contributed by atoms with Crippen LogP contribution in [0.3, 0.4) is 0 Å². The highest BCUT2D eigenvalue weighted by molar-refractivity contribution is 6.33. The quantitative estimate of drug-likeness (QED) is 0.121. The Bertz CT molecular complexity index is 1750. The number of carbonyl (C=O) groups excluding carboxylic acids is 1. The van der Waals surface area contributed by atoms with Crippen molar-refractivity contribution in [3.05, 3.63) is 160 Å². The van der Waals surface area contributed by atoms with Gasteiger partial charge in [0.1, 0.15) is 5.75 Å². The van der Waals surface area contributed by atoms with Crippen LogP contribution in [0.25, 0.3) is 0 Å². The molecular formula is C38H34Cl2F3N3O2. The van der Waals surface area contributed by atoms with E-state index in [1.54, 1.807) is 54.6 Å². The molecule has 5 nitrogen and oxygen atoms in total. The largest absolute Gasteiger partial charge is 0.493 e. The van der Waals surface area contributed by atoms with Gasteiger partial charge in [-0.25, -0.2) is 4.79 Å². The Morgan fingerprint density at radius 3 is 2.08 bits per heavy atom. The van der Waals surface area contributed by atoms with Gasteiger partial charge in [-0.2, -0.15) is 13.2 Å². The summed E-state index contributed by atoms with van der Waals surface area (Å²) in [5.41, 5.74) is 2.78. The van der Waals surface area contributed by atoms with Crippen molar-refractivity contribution >= 4 is 40.6 Å². The molecule has 0 spiro atoms. The van der Waals surface area contributed by atoms with Crippen molar-refractivity contribution in [1.29, 1.82) is 0 Å². The van der Waals surface area contributed by atoms with Gasteiger partial charge in [-0.05, 0) is 53.4 Å². The molecule has 0 aliphatic heterocycles. The molecule has 0 unspecified atom stereocenters. The molecule has 2 N–H and O–H groups in total. The van der Waals surface area contributed by atoms with Gasteiger partial charge >= 0.3 is 12.2 Å². The number of alkyl halides is 3. The van der Waals surface area contributed by atoms with Crippen LogP contribution in [0.15, 0.2) is 127 Å². The number of nitrogens with zero attached hydrogens (tertiary/aromatic N) is 1. The third-order valence-electron chi connectivity index (χ3n) is 7.72. The molecule has 0 aliphatic carbocycles. The molecule has 0 saturated carbocycles. The second-order valence-corrected chi connectivity index (χ2v) is 12.0. The number of halogens is 5. The van der Waals surface area contributed by atoms with Gasteiger partial charge in [-0.3, -0.25) is 4.90 Å². The molecule has 5 rings (SSSR count). The van der Waals surface area contributed by atoms with Crippen LogP contribution < -0.4 is 15.4 Å². The van der Waals surface area contributed by atoms with E-state index in [-0.39, 0.29) is 17.5 Å². The van der Waals surface area contributed by atoms with Crippen molar-refractivity contribution in [2.75, 3.05) is 30.3 Å². The van der Waals surface area contributed by atoms with Crippen molar-refractivity contribution in [1.82, 2.24) is 4.90 Å². The van der Waals surface area contributed by atoms with Gasteiger partial charge in [0, 0.05) is 37.3 Å². The Morgan fingerprint density at radius 2 is 1.42 bits per heavy atom. The SMILES string of the molecule is O=C(Nc1cccc(OCCCN(Cc2cccc(C(F)(F)F)c2Cl)CC(c2ccccc2)c2ccccc2)c1)Nc1ccccc1Cl. The Balaban J connectivity index is 1.28. The molecule has 0 aliphatic rings. The second-order valence-electron chi connectivity index (χ2n) is 11.2. The summed E-state index contributed by atoms with van der Waals surface area (Å²) in [6.07, 6.45) is -3.97. The molecule has 5 aromatic rings. The van der Waals surface area contributed by atoms with Crippen LogP contribution in [0, 0.1) is 0 Å². The normalized spacial score (nSPS) is 11.5. The highest BCUT2D eigenvalue weighted by Gasteiger charge is 2.34. The first-order chi connectivity index (χ1) is 23.2. The second kappa shape index (κ2) is 16.6. The first-order valence-corrected chi connectivity index (χ1v) is 16.1. The van der Waals surface area contributed by atoms with Gasteiger partial charge in [0.25, 0.3) is 0 Å². The molecule has 248 valence electrons. The van der Waals surface area contributed by atoms with Gasteiger partial charge in [-0.1, -0.05) is 114 Å². The lowest BCUT2D eigenvalue weighted by molar-refractivity contribution is -0.137. The highest BCUT2D eigenvalue weighted by atomic mass is 35.5. The summed E-state index contributed by atoms with van der Waals surface area (Å²) < 4.78 is 47.1. The van der Waals surface area contributed by atoms with E-state index in [0.29, 0.717) is 53.8 Å². The predicted octanol–water partition coefficient (Wildman–Crippen LogP) is 10.8. The van der Waals surface area contributed by atoms with E-state index in [1.807, 2.05) is 36.4 Å². The number of ether oxygens (including phenoxy) is 1. The minimum Gasteiger partial charge on any atom is -0.493 e. The molecule has 2 amide bonds. The average molecular weight is 693 g/mol. The summed E-state index contributed by atoms with van der Waals surface area (Å²) in [7, 11) is 0. The van der Waals surface area contributed by atoms with Crippen LogP contribution in [0.2, 0.25) is 10.0 Å². The third-order valence-corrected chi connectivity index (χ3v) is 8.50. The van der Waals surface area contributed by atoms with E-state index in [0.717, 1.165) is 17.2 Å². The van der Waals surface area contributed by atoms with E-state index < -0.39 is 17.8 Å². The van der Waals surface area contributed by atoms with Crippen molar-refractivity contribution < 1.29 is 22.7 Å². The molecule has 10 heteroatoms. The van der Waals surface area contributed by atoms with Gasteiger partial charge in [0.2, 0.25) is 0 Å². The van der Waals surface area contributed by atoms with Gasteiger partial charge in [-0.15, -0.1) is 0 Å². The van der Waals surface area contributed by atoms with Gasteiger partial charge in [0.05, 0.1) is 27.9 Å². The van der Waals surface area contributed by atoms with E-state index in [2.05, 4.69) is 39.8 Å². The molecule has 0 saturated heterocycles. The zero-order valence-electron chi connectivity index (χ0n) is 25.9. The smallest absolute Gasteiger partial charge is 0.417 e. The number of hydrogen-bond donors (Lipinski definition) is 2. The summed E-state index contributed by atoms with van der Waals surface area (Å²) in [6.45, 7) is 1.63. The van der Waals surface area contributed by atoms with Crippen LogP contribution >= 0.6 is 23.2 Å². The number of rotatable bonds is 13. The molecule has 0 fully saturated rings.